The van der Waals surface area contributed by atoms with Crippen molar-refractivity contribution in [3.63, 3.8) is 0 Å². The summed E-state index contributed by atoms with van der Waals surface area (Å²) in [4.78, 5) is 10.7. The number of hydrogen-bond donors (Lipinski definition) is 3. The topological polar surface area (TPSA) is 77.8 Å². The monoisotopic (exact) mass is 146 g/mol. The molecule has 0 aromatic carbocycles. The molecular weight excluding hydrogens is 136 g/mol. The molecule has 0 spiro atoms. The predicted octanol–water partition coefficient (Wildman–Crippen LogP) is -1.57. The van der Waals surface area contributed by atoms with Crippen LogP contribution in [0, 0.1) is 0 Å². The average molecular weight is 146 g/mol. The largest absolute Gasteiger partial charge is 0.390 e. The second-order valence-corrected chi connectivity index (χ2v) is 2.51. The van der Waals surface area contributed by atoms with Crippen LogP contribution < -0.4 is 0 Å². The van der Waals surface area contributed by atoms with Gasteiger partial charge < -0.3 is 15.3 Å². The summed E-state index contributed by atoms with van der Waals surface area (Å²) < 4.78 is 0. The molecule has 58 valence electrons. The van der Waals surface area contributed by atoms with Gasteiger partial charge in [0.15, 0.2) is 5.78 Å². The molecule has 0 heterocycles. The van der Waals surface area contributed by atoms with E-state index < -0.39 is 24.1 Å². The van der Waals surface area contributed by atoms with E-state index in [0.717, 1.165) is 0 Å². The van der Waals surface area contributed by atoms with Crippen LogP contribution >= 0.6 is 0 Å². The standard InChI is InChI=1S/C6H10O4/c7-3-1-2-4(8)6(10)5(3)9/h3-5,7-9H,1-2H2/t3-,4?,5?/m0/s1. The zero-order valence-corrected chi connectivity index (χ0v) is 5.40. The Bertz CT molecular complexity index is 145. The van der Waals surface area contributed by atoms with Crippen LogP contribution in [0.15, 0.2) is 0 Å². The van der Waals surface area contributed by atoms with E-state index in [4.69, 9.17) is 15.3 Å². The van der Waals surface area contributed by atoms with Gasteiger partial charge in [-0.3, -0.25) is 4.79 Å². The molecular formula is C6H10O4. The average Bonchev–Trinajstić information content (AvgIpc) is 1.93. The highest BCUT2D eigenvalue weighted by molar-refractivity contribution is 5.88. The van der Waals surface area contributed by atoms with Gasteiger partial charge >= 0.3 is 0 Å². The van der Waals surface area contributed by atoms with Gasteiger partial charge in [-0.1, -0.05) is 0 Å². The fourth-order valence-electron chi connectivity index (χ4n) is 1.02. The summed E-state index contributed by atoms with van der Waals surface area (Å²) in [5, 5.41) is 26.6. The molecule has 1 fully saturated rings. The second-order valence-electron chi connectivity index (χ2n) is 2.51. The summed E-state index contributed by atoms with van der Waals surface area (Å²) in [6, 6.07) is 0. The zero-order valence-electron chi connectivity index (χ0n) is 5.40. The highest BCUT2D eigenvalue weighted by Gasteiger charge is 2.34. The third-order valence-electron chi connectivity index (χ3n) is 1.72. The summed E-state index contributed by atoms with van der Waals surface area (Å²) in [7, 11) is 0. The number of hydrogen-bond acceptors (Lipinski definition) is 4. The molecule has 2 unspecified atom stereocenters. The van der Waals surface area contributed by atoms with E-state index in [1.54, 1.807) is 0 Å². The van der Waals surface area contributed by atoms with E-state index in [-0.39, 0.29) is 12.8 Å². The minimum atomic E-state index is -1.39. The molecule has 3 N–H and O–H groups in total. The van der Waals surface area contributed by atoms with Crippen molar-refractivity contribution < 1.29 is 20.1 Å². The molecule has 4 heteroatoms. The Morgan fingerprint density at radius 3 is 2.30 bits per heavy atom. The van der Waals surface area contributed by atoms with Gasteiger partial charge in [0, 0.05) is 0 Å². The summed E-state index contributed by atoms with van der Waals surface area (Å²) in [6.45, 7) is 0. The first kappa shape index (κ1) is 7.65. The molecule has 0 aromatic heterocycles. The molecule has 0 aromatic rings. The lowest BCUT2D eigenvalue weighted by atomic mass is 9.91. The Hall–Kier alpha value is -0.450. The third kappa shape index (κ3) is 1.18. The Morgan fingerprint density at radius 2 is 1.80 bits per heavy atom. The van der Waals surface area contributed by atoms with Crippen LogP contribution in [0.25, 0.3) is 0 Å². The number of carbonyl (C=O) groups is 1. The van der Waals surface area contributed by atoms with E-state index in [1.165, 1.54) is 0 Å². The van der Waals surface area contributed by atoms with Gasteiger partial charge in [-0.15, -0.1) is 0 Å². The minimum absolute atomic E-state index is 0.247. The van der Waals surface area contributed by atoms with Crippen molar-refractivity contribution in [1.29, 1.82) is 0 Å². The van der Waals surface area contributed by atoms with Crippen molar-refractivity contribution in [2.45, 2.75) is 31.2 Å². The Balaban J connectivity index is 2.60. The summed E-state index contributed by atoms with van der Waals surface area (Å²) in [5.74, 6) is -0.668. The normalized spacial score (nSPS) is 41.9. The maximum Gasteiger partial charge on any atom is 0.192 e. The Labute approximate surface area is 58.1 Å². The van der Waals surface area contributed by atoms with Crippen LogP contribution in [0.2, 0.25) is 0 Å². The molecule has 0 radical (unpaired) electrons. The zero-order chi connectivity index (χ0) is 7.72. The van der Waals surface area contributed by atoms with Gasteiger partial charge in [-0.05, 0) is 12.8 Å². The molecule has 0 aliphatic heterocycles. The van der Waals surface area contributed by atoms with Crippen LogP contribution in [0.4, 0.5) is 0 Å². The molecule has 3 atom stereocenters. The van der Waals surface area contributed by atoms with Gasteiger partial charge in [-0.2, -0.15) is 0 Å². The van der Waals surface area contributed by atoms with Crippen molar-refractivity contribution in [2.24, 2.45) is 0 Å². The van der Waals surface area contributed by atoms with Crippen molar-refractivity contribution in [1.82, 2.24) is 0 Å². The van der Waals surface area contributed by atoms with Crippen LogP contribution in [-0.2, 0) is 4.79 Å². The van der Waals surface area contributed by atoms with Crippen LogP contribution in [0.1, 0.15) is 12.8 Å². The van der Waals surface area contributed by atoms with E-state index in [1.807, 2.05) is 0 Å². The predicted molar refractivity (Wildman–Crippen MR) is 32.3 cm³/mol. The number of rotatable bonds is 0. The smallest absolute Gasteiger partial charge is 0.192 e. The third-order valence-corrected chi connectivity index (χ3v) is 1.72. The van der Waals surface area contributed by atoms with Crippen molar-refractivity contribution in [3.8, 4) is 0 Å². The number of aliphatic hydroxyl groups is 3. The molecule has 0 amide bonds. The number of carbonyl (C=O) groups excluding carboxylic acids is 1. The first-order valence-electron chi connectivity index (χ1n) is 3.21. The molecule has 1 aliphatic rings. The number of aliphatic hydroxyl groups excluding tert-OH is 3. The molecule has 1 saturated carbocycles. The first-order valence-corrected chi connectivity index (χ1v) is 3.21. The maximum atomic E-state index is 10.7. The van der Waals surface area contributed by atoms with E-state index in [0.29, 0.717) is 0 Å². The minimum Gasteiger partial charge on any atom is -0.390 e. The molecule has 1 aliphatic carbocycles. The van der Waals surface area contributed by atoms with Crippen LogP contribution in [-0.4, -0.2) is 39.4 Å². The molecule has 0 saturated heterocycles. The van der Waals surface area contributed by atoms with Gasteiger partial charge in [-0.25, -0.2) is 0 Å². The quantitative estimate of drug-likeness (QED) is 0.386. The van der Waals surface area contributed by atoms with Crippen molar-refractivity contribution in [2.75, 3.05) is 0 Å². The lowest BCUT2D eigenvalue weighted by molar-refractivity contribution is -0.147. The first-order chi connectivity index (χ1) is 4.63. The van der Waals surface area contributed by atoms with E-state index >= 15 is 0 Å². The summed E-state index contributed by atoms with van der Waals surface area (Å²) in [5.41, 5.74) is 0. The second kappa shape index (κ2) is 2.65. The van der Waals surface area contributed by atoms with Crippen molar-refractivity contribution >= 4 is 5.78 Å². The maximum absolute atomic E-state index is 10.7. The molecule has 10 heavy (non-hydrogen) atoms. The van der Waals surface area contributed by atoms with E-state index in [2.05, 4.69) is 0 Å². The lowest BCUT2D eigenvalue weighted by Gasteiger charge is -2.25. The van der Waals surface area contributed by atoms with Crippen molar-refractivity contribution in [3.05, 3.63) is 0 Å². The fraction of sp³-hybridized carbons (Fsp3) is 0.833. The SMILES string of the molecule is O=C1C(O)CC[C@H](O)C1O. The Kier molecular flexibility index (Phi) is 2.03. The molecule has 0 bridgehead atoms. The Morgan fingerprint density at radius 1 is 1.20 bits per heavy atom. The van der Waals surface area contributed by atoms with E-state index in [9.17, 15) is 4.79 Å². The van der Waals surface area contributed by atoms with Crippen LogP contribution in [0.5, 0.6) is 0 Å². The van der Waals surface area contributed by atoms with Gasteiger partial charge in [0.25, 0.3) is 0 Å². The van der Waals surface area contributed by atoms with Gasteiger partial charge in [0.1, 0.15) is 12.2 Å². The molecule has 1 rings (SSSR count). The van der Waals surface area contributed by atoms with Gasteiger partial charge in [0.05, 0.1) is 6.10 Å². The number of ketones is 1. The molecule has 4 nitrogen and oxygen atoms in total. The fourth-order valence-corrected chi connectivity index (χ4v) is 1.02. The van der Waals surface area contributed by atoms with Crippen LogP contribution in [0.3, 0.4) is 0 Å². The highest BCUT2D eigenvalue weighted by atomic mass is 16.3. The van der Waals surface area contributed by atoms with Gasteiger partial charge in [0.2, 0.25) is 0 Å². The lowest BCUT2D eigenvalue weighted by Crippen LogP contribution is -2.45. The summed E-state index contributed by atoms with van der Waals surface area (Å²) in [6.07, 6.45) is -2.93. The number of Topliss-reactive ketones (excluding diaryl/α,β-unsaturated/α-hetero) is 1. The summed E-state index contributed by atoms with van der Waals surface area (Å²) >= 11 is 0. The highest BCUT2D eigenvalue weighted by Crippen LogP contribution is 2.15.